The molecule has 0 fully saturated rings. The molecule has 0 saturated carbocycles. The molecule has 0 aliphatic rings. The normalized spacial score (nSPS) is 12.0. The molecule has 5 nitrogen and oxygen atoms in total. The number of halogens is 5. The quantitative estimate of drug-likeness (QED) is 0.628. The number of nitrogens with two attached hydrogens (primary N) is 1. The highest BCUT2D eigenvalue weighted by atomic mass is 35.5. The van der Waals surface area contributed by atoms with Crippen molar-refractivity contribution in [1.82, 2.24) is 5.16 Å². The number of hydrogen-bond acceptors (Lipinski definition) is 4. The third-order valence-corrected chi connectivity index (χ3v) is 4.77. The van der Waals surface area contributed by atoms with E-state index in [0.29, 0.717) is 12.1 Å². The van der Waals surface area contributed by atoms with Crippen LogP contribution < -0.4 is 5.14 Å². The Balaban J connectivity index is 2.31. The molecular formula is C16H9ClF4N2O3S. The molecule has 11 heteroatoms. The van der Waals surface area contributed by atoms with E-state index in [1.165, 1.54) is 24.3 Å². The molecule has 3 rings (SSSR count). The molecule has 0 unspecified atom stereocenters. The first kappa shape index (κ1) is 19.3. The van der Waals surface area contributed by atoms with Crippen molar-refractivity contribution in [3.05, 3.63) is 58.8 Å². The summed E-state index contributed by atoms with van der Waals surface area (Å²) in [6, 6.07) is 6.59. The van der Waals surface area contributed by atoms with Crippen molar-refractivity contribution in [2.45, 2.75) is 11.3 Å². The summed E-state index contributed by atoms with van der Waals surface area (Å²) in [7, 11) is -4.56. The van der Waals surface area contributed by atoms with E-state index < -0.39 is 49.9 Å². The van der Waals surface area contributed by atoms with Gasteiger partial charge >= 0.3 is 0 Å². The average Bonchev–Trinajstić information content (AvgIpc) is 3.00. The van der Waals surface area contributed by atoms with E-state index in [9.17, 15) is 26.0 Å². The molecule has 0 atom stereocenters. The van der Waals surface area contributed by atoms with Crippen LogP contribution in [0.5, 0.6) is 0 Å². The summed E-state index contributed by atoms with van der Waals surface area (Å²) >= 11 is 5.87. The zero-order valence-electron chi connectivity index (χ0n) is 13.1. The summed E-state index contributed by atoms with van der Waals surface area (Å²) < 4.78 is 82.6. The Morgan fingerprint density at radius 3 is 2.41 bits per heavy atom. The number of nitrogens with zero attached hydrogens (tertiary/aromatic N) is 1. The van der Waals surface area contributed by atoms with Gasteiger partial charge in [-0.2, -0.15) is 0 Å². The van der Waals surface area contributed by atoms with Crippen LogP contribution in [0.1, 0.15) is 12.2 Å². The van der Waals surface area contributed by atoms with Crippen LogP contribution in [0.25, 0.3) is 22.4 Å². The standard InChI is InChI=1S/C16H9ClF4N2O3S/c17-8-3-1-2-7(4-8)14-13(15(16(20)21)26-23-14)9-5-11(19)12(6-10(9)18)27(22,24)25/h1-6,16H,(H2,22,24,25). The summed E-state index contributed by atoms with van der Waals surface area (Å²) in [4.78, 5) is -1.11. The van der Waals surface area contributed by atoms with Crippen molar-refractivity contribution < 1.29 is 30.5 Å². The van der Waals surface area contributed by atoms with Crippen molar-refractivity contribution in [2.24, 2.45) is 5.14 Å². The molecule has 0 aliphatic heterocycles. The lowest BCUT2D eigenvalue weighted by molar-refractivity contribution is 0.113. The maximum atomic E-state index is 14.5. The van der Waals surface area contributed by atoms with Gasteiger partial charge in [0.15, 0.2) is 0 Å². The maximum Gasteiger partial charge on any atom is 0.298 e. The van der Waals surface area contributed by atoms with Gasteiger partial charge in [0.05, 0.1) is 5.56 Å². The highest BCUT2D eigenvalue weighted by Crippen LogP contribution is 2.41. The van der Waals surface area contributed by atoms with Crippen molar-refractivity contribution in [1.29, 1.82) is 0 Å². The fourth-order valence-corrected chi connectivity index (χ4v) is 3.27. The zero-order valence-corrected chi connectivity index (χ0v) is 14.7. The van der Waals surface area contributed by atoms with E-state index >= 15 is 0 Å². The third kappa shape index (κ3) is 3.68. The Morgan fingerprint density at radius 2 is 1.81 bits per heavy atom. The van der Waals surface area contributed by atoms with Crippen LogP contribution in [0.15, 0.2) is 45.8 Å². The Kier molecular flexibility index (Phi) is 4.98. The number of rotatable bonds is 4. The van der Waals surface area contributed by atoms with Crippen LogP contribution in [-0.4, -0.2) is 13.6 Å². The predicted molar refractivity (Wildman–Crippen MR) is 88.6 cm³/mol. The van der Waals surface area contributed by atoms with E-state index in [1.54, 1.807) is 0 Å². The van der Waals surface area contributed by atoms with E-state index in [1.807, 2.05) is 0 Å². The van der Waals surface area contributed by atoms with Crippen LogP contribution in [0.2, 0.25) is 5.02 Å². The van der Waals surface area contributed by atoms with Crippen LogP contribution in [0.4, 0.5) is 17.6 Å². The molecule has 2 aromatic carbocycles. The van der Waals surface area contributed by atoms with E-state index in [0.717, 1.165) is 0 Å². The molecular weight excluding hydrogens is 412 g/mol. The summed E-state index contributed by atoms with van der Waals surface area (Å²) in [6.07, 6.45) is -3.19. The first-order valence-corrected chi connectivity index (χ1v) is 9.08. The number of hydrogen-bond donors (Lipinski definition) is 1. The minimum atomic E-state index is -4.56. The van der Waals surface area contributed by atoms with Crippen molar-refractivity contribution >= 4 is 21.6 Å². The Bertz CT molecular complexity index is 1130. The molecule has 0 spiro atoms. The Morgan fingerprint density at radius 1 is 1.11 bits per heavy atom. The molecule has 0 radical (unpaired) electrons. The SMILES string of the molecule is NS(=O)(=O)c1cc(F)c(-c2c(-c3cccc(Cl)c3)noc2C(F)F)cc1F. The molecule has 1 heterocycles. The lowest BCUT2D eigenvalue weighted by Crippen LogP contribution is -2.14. The van der Waals surface area contributed by atoms with Crippen LogP contribution in [0.3, 0.4) is 0 Å². The van der Waals surface area contributed by atoms with Crippen LogP contribution >= 0.6 is 11.6 Å². The number of benzene rings is 2. The first-order valence-electron chi connectivity index (χ1n) is 7.15. The van der Waals surface area contributed by atoms with Gasteiger partial charge in [-0.3, -0.25) is 0 Å². The van der Waals surface area contributed by atoms with Crippen molar-refractivity contribution in [3.63, 3.8) is 0 Å². The Hall–Kier alpha value is -2.43. The number of sulfonamides is 1. The topological polar surface area (TPSA) is 86.2 Å². The summed E-state index contributed by atoms with van der Waals surface area (Å²) in [5.74, 6) is -3.72. The fourth-order valence-electron chi connectivity index (χ4n) is 2.48. The largest absolute Gasteiger partial charge is 0.354 e. The van der Waals surface area contributed by atoms with Gasteiger partial charge in [0.2, 0.25) is 15.8 Å². The van der Waals surface area contributed by atoms with Crippen LogP contribution in [0, 0.1) is 11.6 Å². The molecule has 27 heavy (non-hydrogen) atoms. The third-order valence-electron chi connectivity index (χ3n) is 3.61. The molecule has 0 saturated heterocycles. The highest BCUT2D eigenvalue weighted by Gasteiger charge is 2.29. The van der Waals surface area contributed by atoms with E-state index in [4.69, 9.17) is 16.7 Å². The lowest BCUT2D eigenvalue weighted by Gasteiger charge is -2.09. The molecule has 0 aliphatic carbocycles. The predicted octanol–water partition coefficient (Wildman–Crippen LogP) is 4.53. The van der Waals surface area contributed by atoms with Gasteiger partial charge in [-0.05, 0) is 24.3 Å². The van der Waals surface area contributed by atoms with E-state index in [2.05, 4.69) is 9.68 Å². The summed E-state index contributed by atoms with van der Waals surface area (Å²) in [5.41, 5.74) is -1.19. The smallest absolute Gasteiger partial charge is 0.298 e. The van der Waals surface area contributed by atoms with Gasteiger partial charge in [-0.15, -0.1) is 0 Å². The second-order valence-electron chi connectivity index (χ2n) is 5.39. The zero-order chi connectivity index (χ0) is 19.9. The fraction of sp³-hybridized carbons (Fsp3) is 0.0625. The molecule has 0 amide bonds. The number of primary sulfonamides is 1. The molecule has 0 bridgehead atoms. The van der Waals surface area contributed by atoms with Gasteiger partial charge in [0.25, 0.3) is 6.43 Å². The number of aromatic nitrogens is 1. The van der Waals surface area contributed by atoms with Gasteiger partial charge in [0, 0.05) is 16.1 Å². The second kappa shape index (κ2) is 6.95. The minimum Gasteiger partial charge on any atom is -0.354 e. The maximum absolute atomic E-state index is 14.5. The minimum absolute atomic E-state index is 0.212. The van der Waals surface area contributed by atoms with Gasteiger partial charge in [-0.1, -0.05) is 28.9 Å². The monoisotopic (exact) mass is 420 g/mol. The van der Waals surface area contributed by atoms with Gasteiger partial charge < -0.3 is 4.52 Å². The van der Waals surface area contributed by atoms with Gasteiger partial charge in [-0.25, -0.2) is 31.1 Å². The highest BCUT2D eigenvalue weighted by molar-refractivity contribution is 7.89. The first-order chi connectivity index (χ1) is 12.6. The molecule has 142 valence electrons. The van der Waals surface area contributed by atoms with Gasteiger partial charge in [0.1, 0.15) is 22.2 Å². The van der Waals surface area contributed by atoms with Crippen LogP contribution in [-0.2, 0) is 10.0 Å². The van der Waals surface area contributed by atoms with Crippen molar-refractivity contribution in [3.8, 4) is 22.4 Å². The molecule has 2 N–H and O–H groups in total. The second-order valence-corrected chi connectivity index (χ2v) is 7.36. The van der Waals surface area contributed by atoms with Crippen molar-refractivity contribution in [2.75, 3.05) is 0 Å². The average molecular weight is 421 g/mol. The number of alkyl halides is 2. The molecule has 3 aromatic rings. The van der Waals surface area contributed by atoms with E-state index in [-0.39, 0.29) is 16.3 Å². The Labute approximate surface area is 155 Å². The summed E-state index contributed by atoms with van der Waals surface area (Å²) in [6.45, 7) is 0. The molecule has 1 aromatic heterocycles. The summed E-state index contributed by atoms with van der Waals surface area (Å²) in [5, 5.41) is 8.58. The lowest BCUT2D eigenvalue weighted by atomic mass is 9.98.